The molecule has 2 aliphatic rings. The lowest BCUT2D eigenvalue weighted by Gasteiger charge is -2.08. The van der Waals surface area contributed by atoms with Crippen molar-refractivity contribution in [2.45, 2.75) is 31.7 Å². The second-order valence-electron chi connectivity index (χ2n) is 5.49. The SMILES string of the molecule is c1ccc2c(c1)CCC2=N[C@H]1CCc2ccccc21. The molecular formula is C18H17N. The molecule has 0 bridgehead atoms. The van der Waals surface area contributed by atoms with Gasteiger partial charge in [-0.15, -0.1) is 0 Å². The lowest BCUT2D eigenvalue weighted by atomic mass is 10.1. The van der Waals surface area contributed by atoms with Crippen molar-refractivity contribution in [3.05, 3.63) is 70.8 Å². The van der Waals surface area contributed by atoms with Crippen LogP contribution in [0.4, 0.5) is 0 Å². The standard InChI is InChI=1S/C18H17N/c1-3-7-15-13(5-1)9-11-17(15)19-18-12-10-14-6-2-4-8-16(14)18/h1-8,17H,9-12H2/t17-/m0/s1. The highest BCUT2D eigenvalue weighted by atomic mass is 14.8. The Bertz CT molecular complexity index is 654. The molecule has 0 fully saturated rings. The minimum Gasteiger partial charge on any atom is -0.281 e. The molecule has 1 nitrogen and oxygen atoms in total. The van der Waals surface area contributed by atoms with E-state index in [4.69, 9.17) is 4.99 Å². The summed E-state index contributed by atoms with van der Waals surface area (Å²) in [6, 6.07) is 17.9. The van der Waals surface area contributed by atoms with Crippen LogP contribution in [0.1, 0.15) is 41.1 Å². The van der Waals surface area contributed by atoms with Crippen molar-refractivity contribution in [1.82, 2.24) is 0 Å². The first-order chi connectivity index (χ1) is 9.42. The molecule has 0 amide bonds. The molecule has 0 aliphatic heterocycles. The molecule has 0 unspecified atom stereocenters. The fourth-order valence-electron chi connectivity index (χ4n) is 3.40. The van der Waals surface area contributed by atoms with Crippen LogP contribution in [0.5, 0.6) is 0 Å². The van der Waals surface area contributed by atoms with Gasteiger partial charge in [0.2, 0.25) is 0 Å². The average Bonchev–Trinajstić information content (AvgIpc) is 3.05. The zero-order chi connectivity index (χ0) is 12.7. The summed E-state index contributed by atoms with van der Waals surface area (Å²) in [7, 11) is 0. The summed E-state index contributed by atoms with van der Waals surface area (Å²) in [4.78, 5) is 5.07. The molecule has 2 aromatic rings. The molecule has 1 heteroatoms. The van der Waals surface area contributed by atoms with Crippen LogP contribution in [0.25, 0.3) is 0 Å². The zero-order valence-corrected chi connectivity index (χ0v) is 11.0. The van der Waals surface area contributed by atoms with Crippen LogP contribution in [-0.4, -0.2) is 5.71 Å². The van der Waals surface area contributed by atoms with Crippen LogP contribution in [0, 0.1) is 0 Å². The van der Waals surface area contributed by atoms with Crippen LogP contribution in [0.2, 0.25) is 0 Å². The second-order valence-corrected chi connectivity index (χ2v) is 5.49. The Morgan fingerprint density at radius 1 is 0.789 bits per heavy atom. The second kappa shape index (κ2) is 4.34. The molecule has 19 heavy (non-hydrogen) atoms. The van der Waals surface area contributed by atoms with E-state index in [9.17, 15) is 0 Å². The highest BCUT2D eigenvalue weighted by Gasteiger charge is 2.24. The third kappa shape index (κ3) is 1.81. The zero-order valence-electron chi connectivity index (χ0n) is 11.0. The van der Waals surface area contributed by atoms with E-state index < -0.39 is 0 Å². The van der Waals surface area contributed by atoms with E-state index >= 15 is 0 Å². The Balaban J connectivity index is 1.72. The van der Waals surface area contributed by atoms with Gasteiger partial charge >= 0.3 is 0 Å². The van der Waals surface area contributed by atoms with Crippen molar-refractivity contribution >= 4 is 5.71 Å². The third-order valence-corrected chi connectivity index (χ3v) is 4.37. The van der Waals surface area contributed by atoms with Gasteiger partial charge in [-0.05, 0) is 47.9 Å². The first kappa shape index (κ1) is 11.0. The normalized spacial score (nSPS) is 22.5. The summed E-state index contributed by atoms with van der Waals surface area (Å²) < 4.78 is 0. The van der Waals surface area contributed by atoms with Crippen molar-refractivity contribution in [1.29, 1.82) is 0 Å². The minimum atomic E-state index is 0.386. The summed E-state index contributed by atoms with van der Waals surface area (Å²) in [6.07, 6.45) is 4.62. The Kier molecular flexibility index (Phi) is 2.51. The van der Waals surface area contributed by atoms with Crippen molar-refractivity contribution in [3.8, 4) is 0 Å². The molecule has 2 aliphatic carbocycles. The molecule has 0 spiro atoms. The number of rotatable bonds is 1. The number of fused-ring (bicyclic) bond motifs is 2. The first-order valence-electron chi connectivity index (χ1n) is 7.14. The molecule has 0 radical (unpaired) electrons. The number of hydrogen-bond donors (Lipinski definition) is 0. The highest BCUT2D eigenvalue weighted by molar-refractivity contribution is 6.04. The monoisotopic (exact) mass is 247 g/mol. The predicted molar refractivity (Wildman–Crippen MR) is 78.8 cm³/mol. The maximum Gasteiger partial charge on any atom is 0.0758 e. The third-order valence-electron chi connectivity index (χ3n) is 4.37. The molecule has 0 saturated heterocycles. The molecular weight excluding hydrogens is 230 g/mol. The molecule has 0 heterocycles. The van der Waals surface area contributed by atoms with Gasteiger partial charge in [0, 0.05) is 5.71 Å². The van der Waals surface area contributed by atoms with Gasteiger partial charge in [-0.1, -0.05) is 48.5 Å². The van der Waals surface area contributed by atoms with E-state index in [-0.39, 0.29) is 0 Å². The molecule has 1 atom stereocenters. The van der Waals surface area contributed by atoms with Crippen LogP contribution < -0.4 is 0 Å². The van der Waals surface area contributed by atoms with Crippen LogP contribution in [-0.2, 0) is 12.8 Å². The Labute approximate surface area is 114 Å². The van der Waals surface area contributed by atoms with Gasteiger partial charge < -0.3 is 0 Å². The highest BCUT2D eigenvalue weighted by Crippen LogP contribution is 2.35. The summed E-state index contributed by atoms with van der Waals surface area (Å²) in [5, 5.41) is 0. The molecule has 94 valence electrons. The van der Waals surface area contributed by atoms with Crippen LogP contribution >= 0.6 is 0 Å². The van der Waals surface area contributed by atoms with E-state index in [1.807, 2.05) is 0 Å². The van der Waals surface area contributed by atoms with Gasteiger partial charge in [-0.2, -0.15) is 0 Å². The predicted octanol–water partition coefficient (Wildman–Crippen LogP) is 4.11. The van der Waals surface area contributed by atoms with E-state index in [1.54, 1.807) is 0 Å². The molecule has 4 rings (SSSR count). The van der Waals surface area contributed by atoms with Crippen molar-refractivity contribution in [2.75, 3.05) is 0 Å². The fraction of sp³-hybridized carbons (Fsp3) is 0.278. The molecule has 0 saturated carbocycles. The van der Waals surface area contributed by atoms with Gasteiger partial charge in [-0.25, -0.2) is 0 Å². The average molecular weight is 247 g/mol. The summed E-state index contributed by atoms with van der Waals surface area (Å²) in [5.41, 5.74) is 7.10. The van der Waals surface area contributed by atoms with Gasteiger partial charge in [0.15, 0.2) is 0 Å². The van der Waals surface area contributed by atoms with Gasteiger partial charge in [0.1, 0.15) is 0 Å². The summed E-state index contributed by atoms with van der Waals surface area (Å²) >= 11 is 0. The number of hydrogen-bond acceptors (Lipinski definition) is 1. The van der Waals surface area contributed by atoms with E-state index in [2.05, 4.69) is 48.5 Å². The number of aryl methyl sites for hydroxylation is 2. The Morgan fingerprint density at radius 3 is 2.53 bits per heavy atom. The molecule has 0 aromatic heterocycles. The largest absolute Gasteiger partial charge is 0.281 e. The van der Waals surface area contributed by atoms with E-state index in [0.717, 1.165) is 12.8 Å². The smallest absolute Gasteiger partial charge is 0.0758 e. The number of benzene rings is 2. The van der Waals surface area contributed by atoms with Gasteiger partial charge in [-0.3, -0.25) is 4.99 Å². The van der Waals surface area contributed by atoms with Crippen LogP contribution in [0.15, 0.2) is 53.5 Å². The number of nitrogens with zero attached hydrogens (tertiary/aromatic N) is 1. The lowest BCUT2D eigenvalue weighted by molar-refractivity contribution is 0.714. The maximum absolute atomic E-state index is 5.07. The van der Waals surface area contributed by atoms with Crippen molar-refractivity contribution in [2.24, 2.45) is 4.99 Å². The van der Waals surface area contributed by atoms with Crippen molar-refractivity contribution < 1.29 is 0 Å². The first-order valence-corrected chi connectivity index (χ1v) is 7.14. The van der Waals surface area contributed by atoms with E-state index in [0.29, 0.717) is 6.04 Å². The summed E-state index contributed by atoms with van der Waals surface area (Å²) in [6.45, 7) is 0. The fourth-order valence-corrected chi connectivity index (χ4v) is 3.40. The van der Waals surface area contributed by atoms with Gasteiger partial charge in [0.25, 0.3) is 0 Å². The van der Waals surface area contributed by atoms with E-state index in [1.165, 1.54) is 40.8 Å². The lowest BCUT2D eigenvalue weighted by Crippen LogP contribution is -1.99. The topological polar surface area (TPSA) is 12.4 Å². The Morgan fingerprint density at radius 2 is 1.58 bits per heavy atom. The van der Waals surface area contributed by atoms with Crippen LogP contribution in [0.3, 0.4) is 0 Å². The molecule has 2 aromatic carbocycles. The summed E-state index contributed by atoms with van der Waals surface area (Å²) in [5.74, 6) is 0. The van der Waals surface area contributed by atoms with Gasteiger partial charge in [0.05, 0.1) is 6.04 Å². The minimum absolute atomic E-state index is 0.386. The number of aliphatic imine (C=N–C) groups is 1. The Hall–Kier alpha value is -1.89. The molecule has 0 N–H and O–H groups in total. The van der Waals surface area contributed by atoms with Crippen molar-refractivity contribution in [3.63, 3.8) is 0 Å². The maximum atomic E-state index is 5.07. The quantitative estimate of drug-likeness (QED) is 0.719.